The van der Waals surface area contributed by atoms with Gasteiger partial charge >= 0.3 is 0 Å². The van der Waals surface area contributed by atoms with E-state index in [1.54, 1.807) is 0 Å². The van der Waals surface area contributed by atoms with Gasteiger partial charge in [0.2, 0.25) is 0 Å². The average molecular weight is 835 g/mol. The minimum Gasteiger partial charge on any atom is -0.286 e. The number of hydrogen-bond acceptors (Lipinski definition) is 6. The molecule has 0 spiro atoms. The van der Waals surface area contributed by atoms with Crippen molar-refractivity contribution < 1.29 is 0 Å². The highest BCUT2D eigenvalue weighted by molar-refractivity contribution is 5.82. The first-order chi connectivity index (χ1) is 29.6. The van der Waals surface area contributed by atoms with Crippen molar-refractivity contribution in [2.45, 2.75) is 135 Å². The Balaban J connectivity index is 1.13. The third kappa shape index (κ3) is 11.4. The molecule has 63 heavy (non-hydrogen) atoms. The van der Waals surface area contributed by atoms with Crippen LogP contribution in [-0.4, -0.2) is 50.2 Å². The van der Waals surface area contributed by atoms with Crippen molar-refractivity contribution in [1.82, 2.24) is 15.0 Å². The highest BCUT2D eigenvalue weighted by Gasteiger charge is 2.49. The molecule has 324 valence electrons. The highest BCUT2D eigenvalue weighted by atomic mass is 15.0. The molecule has 3 aromatic heterocycles. The van der Waals surface area contributed by atoms with Gasteiger partial charge in [0.1, 0.15) is 0 Å². The van der Waals surface area contributed by atoms with Gasteiger partial charge < -0.3 is 0 Å². The number of benzene rings is 3. The molecule has 1 aliphatic rings. The van der Waals surface area contributed by atoms with Crippen molar-refractivity contribution >= 4 is 18.6 Å². The van der Waals surface area contributed by atoms with E-state index < -0.39 is 16.6 Å². The Hall–Kier alpha value is -5.88. The van der Waals surface area contributed by atoms with Gasteiger partial charge in [-0.2, -0.15) is 0 Å². The number of rotatable bonds is 9. The number of aromatic nitrogens is 3. The van der Waals surface area contributed by atoms with Crippen LogP contribution in [0.4, 0.5) is 0 Å². The molecule has 6 nitrogen and oxygen atoms in total. The van der Waals surface area contributed by atoms with E-state index in [2.05, 4.69) is 192 Å². The topological polar surface area (TPSA) is 75.8 Å². The Morgan fingerprint density at radius 2 is 0.603 bits per heavy atom. The zero-order valence-corrected chi connectivity index (χ0v) is 39.7. The van der Waals surface area contributed by atoms with Gasteiger partial charge in [0.15, 0.2) is 0 Å². The van der Waals surface area contributed by atoms with Gasteiger partial charge in [-0.05, 0) is 109 Å². The summed E-state index contributed by atoms with van der Waals surface area (Å²) in [5, 5.41) is 0. The molecule has 7 rings (SSSR count). The average Bonchev–Trinajstić information content (AvgIpc) is 3.24. The molecule has 0 N–H and O–H groups in total. The fraction of sp³-hybridized carbons (Fsp3) is 0.368. The third-order valence-electron chi connectivity index (χ3n) is 12.4. The summed E-state index contributed by atoms with van der Waals surface area (Å²) >= 11 is 0. The lowest BCUT2D eigenvalue weighted by molar-refractivity contribution is 0.150. The summed E-state index contributed by atoms with van der Waals surface area (Å²) in [6.45, 7) is 26.8. The van der Waals surface area contributed by atoms with E-state index in [4.69, 9.17) is 29.9 Å². The Kier molecular flexibility index (Phi) is 12.4. The van der Waals surface area contributed by atoms with Crippen LogP contribution in [-0.2, 0) is 16.2 Å². The second-order valence-corrected chi connectivity index (χ2v) is 21.7. The standard InChI is InChI=1S/C57H66N6/c1-52(2,3)46-22-16-43(17-23-46)49-28-13-40(31-58-49)34-61-55(10)37-56(11,62-35-41-14-29-50(59-32-41)44-18-24-47(25-19-44)53(4,5)6)39-57(12,38-55)63-36-42-15-30-51(60-33-42)45-20-26-48(27-21-45)54(7,8)9/h13-36H,37-39H2,1-12H3/b61-34-,62-35-,63-36-. The first-order valence-corrected chi connectivity index (χ1v) is 22.4. The lowest BCUT2D eigenvalue weighted by Crippen LogP contribution is -2.51. The normalized spacial score (nSPS) is 21.1. The molecule has 6 aromatic rings. The molecule has 0 atom stereocenters. The van der Waals surface area contributed by atoms with E-state index in [1.165, 1.54) is 16.7 Å². The van der Waals surface area contributed by atoms with Crippen LogP contribution in [0.2, 0.25) is 0 Å². The van der Waals surface area contributed by atoms with Crippen LogP contribution >= 0.6 is 0 Å². The Labute approximate surface area is 377 Å². The van der Waals surface area contributed by atoms with Crippen molar-refractivity contribution in [2.75, 3.05) is 0 Å². The van der Waals surface area contributed by atoms with Crippen LogP contribution in [0.3, 0.4) is 0 Å². The molecule has 1 aliphatic carbocycles. The highest BCUT2D eigenvalue weighted by Crippen LogP contribution is 2.47. The summed E-state index contributed by atoms with van der Waals surface area (Å²) in [6.07, 6.45) is 14.0. The molecule has 1 fully saturated rings. The molecule has 0 aliphatic heterocycles. The van der Waals surface area contributed by atoms with Gasteiger partial charge in [-0.15, -0.1) is 0 Å². The van der Waals surface area contributed by atoms with Gasteiger partial charge in [-0.3, -0.25) is 29.9 Å². The molecule has 0 unspecified atom stereocenters. The maximum Gasteiger partial charge on any atom is 0.0702 e. The summed E-state index contributed by atoms with van der Waals surface area (Å²) < 4.78 is 0. The number of hydrogen-bond donors (Lipinski definition) is 0. The molecule has 0 saturated heterocycles. The van der Waals surface area contributed by atoms with E-state index in [9.17, 15) is 0 Å². The van der Waals surface area contributed by atoms with Crippen molar-refractivity contribution in [3.8, 4) is 33.8 Å². The summed E-state index contributed by atoms with van der Waals surface area (Å²) in [5.74, 6) is 0. The Morgan fingerprint density at radius 1 is 0.365 bits per heavy atom. The van der Waals surface area contributed by atoms with Gasteiger partial charge in [0.25, 0.3) is 0 Å². The van der Waals surface area contributed by atoms with Gasteiger partial charge in [0.05, 0.1) is 33.7 Å². The summed E-state index contributed by atoms with van der Waals surface area (Å²) in [6, 6.07) is 38.7. The second kappa shape index (κ2) is 17.4. The summed E-state index contributed by atoms with van der Waals surface area (Å²) in [5.41, 5.74) is 12.0. The molecule has 0 radical (unpaired) electrons. The largest absolute Gasteiger partial charge is 0.286 e. The quantitative estimate of drug-likeness (QED) is 0.136. The monoisotopic (exact) mass is 835 g/mol. The molecule has 3 heterocycles. The SMILES string of the molecule is CC1(/N=C\c2ccc(-c3ccc(C(C)(C)C)cc3)nc2)CC(C)(/N=C\c2ccc(-c3ccc(C(C)(C)C)cc3)nc2)CC(C)(/N=C\c2ccc(-c3ccc(C(C)(C)C)cc3)nc2)C1. The number of nitrogens with zero attached hydrogens (tertiary/aromatic N) is 6. The zero-order chi connectivity index (χ0) is 45.3. The maximum atomic E-state index is 5.32. The predicted octanol–water partition coefficient (Wildman–Crippen LogP) is 13.9. The molecule has 3 aromatic carbocycles. The lowest BCUT2D eigenvalue weighted by atomic mass is 9.65. The molecular weight excluding hydrogens is 769 g/mol. The van der Waals surface area contributed by atoms with E-state index in [0.717, 1.165) is 69.7 Å². The minimum atomic E-state index is -0.444. The van der Waals surface area contributed by atoms with Crippen LogP contribution in [0.5, 0.6) is 0 Å². The third-order valence-corrected chi connectivity index (χ3v) is 12.4. The van der Waals surface area contributed by atoms with Crippen LogP contribution in [0.25, 0.3) is 33.8 Å². The van der Waals surface area contributed by atoms with Crippen LogP contribution < -0.4 is 0 Å². The number of aliphatic imine (C=N–C) groups is 3. The van der Waals surface area contributed by atoms with Gasteiger partial charge in [-0.1, -0.05) is 135 Å². The molecular formula is C57H66N6. The lowest BCUT2D eigenvalue weighted by Gasteiger charge is -2.48. The van der Waals surface area contributed by atoms with Crippen molar-refractivity contribution in [3.05, 3.63) is 161 Å². The van der Waals surface area contributed by atoms with E-state index in [0.29, 0.717) is 0 Å². The first-order valence-electron chi connectivity index (χ1n) is 22.4. The first kappa shape index (κ1) is 45.2. The van der Waals surface area contributed by atoms with E-state index >= 15 is 0 Å². The van der Waals surface area contributed by atoms with Crippen molar-refractivity contribution in [2.24, 2.45) is 15.0 Å². The van der Waals surface area contributed by atoms with Crippen molar-refractivity contribution in [1.29, 1.82) is 0 Å². The molecule has 6 heteroatoms. The minimum absolute atomic E-state index is 0.107. The predicted molar refractivity (Wildman–Crippen MR) is 267 cm³/mol. The number of pyridine rings is 3. The maximum absolute atomic E-state index is 5.32. The Bertz CT molecular complexity index is 2260. The summed E-state index contributed by atoms with van der Waals surface area (Å²) in [4.78, 5) is 30.5. The van der Waals surface area contributed by atoms with Gasteiger partial charge in [-0.25, -0.2) is 0 Å². The van der Waals surface area contributed by atoms with Crippen molar-refractivity contribution in [3.63, 3.8) is 0 Å². The van der Waals surface area contributed by atoms with Crippen LogP contribution in [0, 0.1) is 0 Å². The molecule has 0 bridgehead atoms. The Morgan fingerprint density at radius 3 is 0.794 bits per heavy atom. The van der Waals surface area contributed by atoms with E-state index in [-0.39, 0.29) is 16.2 Å². The fourth-order valence-corrected chi connectivity index (χ4v) is 8.99. The smallest absolute Gasteiger partial charge is 0.0702 e. The van der Waals surface area contributed by atoms with Crippen LogP contribution in [0.1, 0.15) is 136 Å². The van der Waals surface area contributed by atoms with E-state index in [1.807, 2.05) is 37.2 Å². The second-order valence-electron chi connectivity index (χ2n) is 21.7. The van der Waals surface area contributed by atoms with Gasteiger partial charge in [0, 0.05) is 70.6 Å². The van der Waals surface area contributed by atoms with Crippen LogP contribution in [0.15, 0.2) is 143 Å². The fourth-order valence-electron chi connectivity index (χ4n) is 8.99. The molecule has 0 amide bonds. The molecule has 1 saturated carbocycles. The summed E-state index contributed by atoms with van der Waals surface area (Å²) in [7, 11) is 0. The zero-order valence-electron chi connectivity index (χ0n) is 39.7.